The van der Waals surface area contributed by atoms with Crippen LogP contribution in [0.5, 0.6) is 0 Å². The molecule has 4 rings (SSSR count). The molecule has 0 bridgehead atoms. The van der Waals surface area contributed by atoms with E-state index in [1.165, 1.54) is 18.2 Å². The molecule has 3 aromatic carbocycles. The van der Waals surface area contributed by atoms with Crippen LogP contribution in [0.1, 0.15) is 10.4 Å². The average molecular weight is 404 g/mol. The summed E-state index contributed by atoms with van der Waals surface area (Å²) in [5.41, 5.74) is 3.40. The maximum Gasteiger partial charge on any atom is 0.335 e. The van der Waals surface area contributed by atoms with Crippen LogP contribution in [0.2, 0.25) is 5.02 Å². The van der Waals surface area contributed by atoms with E-state index in [1.807, 2.05) is 30.3 Å². The van der Waals surface area contributed by atoms with Crippen LogP contribution in [0, 0.1) is 5.82 Å². The van der Waals surface area contributed by atoms with Gasteiger partial charge in [-0.15, -0.1) is 0 Å². The fourth-order valence-corrected chi connectivity index (χ4v) is 3.22. The van der Waals surface area contributed by atoms with Crippen molar-refractivity contribution in [3.05, 3.63) is 101 Å². The van der Waals surface area contributed by atoms with Crippen molar-refractivity contribution in [1.82, 2.24) is 4.98 Å². The Kier molecular flexibility index (Phi) is 5.10. The first-order valence-electron chi connectivity index (χ1n) is 8.88. The molecule has 0 saturated carbocycles. The van der Waals surface area contributed by atoms with Gasteiger partial charge in [-0.1, -0.05) is 66.2 Å². The summed E-state index contributed by atoms with van der Waals surface area (Å²) in [5, 5.41) is 10.1. The van der Waals surface area contributed by atoms with Gasteiger partial charge < -0.3 is 5.11 Å². The highest BCUT2D eigenvalue weighted by molar-refractivity contribution is 6.30. The lowest BCUT2D eigenvalue weighted by Crippen LogP contribution is -2.00. The zero-order valence-corrected chi connectivity index (χ0v) is 15.9. The van der Waals surface area contributed by atoms with Crippen molar-refractivity contribution in [3.8, 4) is 33.6 Å². The van der Waals surface area contributed by atoms with Crippen molar-refractivity contribution in [3.63, 3.8) is 0 Å². The largest absolute Gasteiger partial charge is 0.478 e. The van der Waals surface area contributed by atoms with Crippen molar-refractivity contribution in [1.29, 1.82) is 0 Å². The van der Waals surface area contributed by atoms with Crippen LogP contribution in [0.3, 0.4) is 0 Å². The second kappa shape index (κ2) is 7.86. The molecular weight excluding hydrogens is 389 g/mol. The average Bonchev–Trinajstić information content (AvgIpc) is 2.74. The second-order valence-corrected chi connectivity index (χ2v) is 6.94. The molecule has 1 heterocycles. The molecular formula is C24H15ClFNO2. The topological polar surface area (TPSA) is 50.2 Å². The molecule has 0 fully saturated rings. The highest BCUT2D eigenvalue weighted by Gasteiger charge is 2.13. The fourth-order valence-electron chi connectivity index (χ4n) is 3.10. The smallest absolute Gasteiger partial charge is 0.335 e. The highest BCUT2D eigenvalue weighted by atomic mass is 35.5. The summed E-state index contributed by atoms with van der Waals surface area (Å²) in [7, 11) is 0. The number of hydrogen-bond donors (Lipinski definition) is 1. The number of nitrogens with zero attached hydrogens (tertiary/aromatic N) is 1. The molecule has 0 atom stereocenters. The van der Waals surface area contributed by atoms with Crippen LogP contribution in [-0.4, -0.2) is 16.1 Å². The van der Waals surface area contributed by atoms with Gasteiger partial charge in [-0.05, 0) is 35.9 Å². The Labute approximate surface area is 172 Å². The molecule has 0 amide bonds. The summed E-state index contributed by atoms with van der Waals surface area (Å²) in [6.45, 7) is 0. The molecule has 0 radical (unpaired) electrons. The third-order valence-corrected chi connectivity index (χ3v) is 4.81. The standard InChI is InChI=1S/C24H15ClFNO2/c25-19-9-6-16(7-10-19)22-13-18(24(28)29)14-23(27-22)17-8-11-20(21(26)12-17)15-4-2-1-3-5-15/h1-14H,(H,28,29). The molecule has 0 saturated heterocycles. The van der Waals surface area contributed by atoms with Gasteiger partial charge in [0.2, 0.25) is 0 Å². The van der Waals surface area contributed by atoms with Crippen molar-refractivity contribution >= 4 is 17.6 Å². The number of pyridine rings is 1. The van der Waals surface area contributed by atoms with E-state index >= 15 is 0 Å². The fraction of sp³-hybridized carbons (Fsp3) is 0. The first-order chi connectivity index (χ1) is 14.0. The van der Waals surface area contributed by atoms with E-state index in [9.17, 15) is 14.3 Å². The van der Waals surface area contributed by atoms with Gasteiger partial charge in [-0.2, -0.15) is 0 Å². The summed E-state index contributed by atoms with van der Waals surface area (Å²) < 4.78 is 14.8. The Bertz CT molecular complexity index is 1190. The third kappa shape index (κ3) is 4.03. The molecule has 0 aliphatic carbocycles. The maximum atomic E-state index is 14.8. The van der Waals surface area contributed by atoms with E-state index < -0.39 is 11.8 Å². The molecule has 3 nitrogen and oxygen atoms in total. The quantitative estimate of drug-likeness (QED) is 0.419. The molecule has 0 aliphatic rings. The highest BCUT2D eigenvalue weighted by Crippen LogP contribution is 2.30. The van der Waals surface area contributed by atoms with E-state index in [0.717, 1.165) is 11.1 Å². The summed E-state index contributed by atoms with van der Waals surface area (Å²) >= 11 is 5.93. The number of carboxylic acids is 1. The van der Waals surface area contributed by atoms with Crippen molar-refractivity contribution in [2.24, 2.45) is 0 Å². The molecule has 1 aromatic heterocycles. The SMILES string of the molecule is O=C(O)c1cc(-c2ccc(Cl)cc2)nc(-c2ccc(-c3ccccc3)c(F)c2)c1. The van der Waals surface area contributed by atoms with Crippen LogP contribution in [0.4, 0.5) is 4.39 Å². The summed E-state index contributed by atoms with van der Waals surface area (Å²) in [4.78, 5) is 16.2. The van der Waals surface area contributed by atoms with Crippen LogP contribution in [-0.2, 0) is 0 Å². The van der Waals surface area contributed by atoms with Gasteiger partial charge in [0.1, 0.15) is 5.82 Å². The van der Waals surface area contributed by atoms with E-state index in [4.69, 9.17) is 11.6 Å². The molecule has 0 aliphatic heterocycles. The number of aromatic nitrogens is 1. The van der Waals surface area contributed by atoms with Gasteiger partial charge in [0, 0.05) is 21.7 Å². The molecule has 29 heavy (non-hydrogen) atoms. The van der Waals surface area contributed by atoms with Gasteiger partial charge in [0.05, 0.1) is 17.0 Å². The van der Waals surface area contributed by atoms with Crippen molar-refractivity contribution < 1.29 is 14.3 Å². The summed E-state index contributed by atoms with van der Waals surface area (Å²) in [6, 6.07) is 23.9. The molecule has 0 unspecified atom stereocenters. The molecule has 142 valence electrons. The minimum absolute atomic E-state index is 0.0764. The molecule has 5 heteroatoms. The maximum absolute atomic E-state index is 14.8. The predicted molar refractivity (Wildman–Crippen MR) is 112 cm³/mol. The van der Waals surface area contributed by atoms with Gasteiger partial charge in [-0.3, -0.25) is 0 Å². The van der Waals surface area contributed by atoms with Crippen LogP contribution in [0.15, 0.2) is 84.9 Å². The number of rotatable bonds is 4. The van der Waals surface area contributed by atoms with Gasteiger partial charge in [-0.25, -0.2) is 14.2 Å². The van der Waals surface area contributed by atoms with Gasteiger partial charge >= 0.3 is 5.97 Å². The minimum atomic E-state index is -1.08. The monoisotopic (exact) mass is 403 g/mol. The predicted octanol–water partition coefficient (Wildman–Crippen LogP) is 6.57. The number of halogens is 2. The lowest BCUT2D eigenvalue weighted by molar-refractivity contribution is 0.0697. The van der Waals surface area contributed by atoms with Gasteiger partial charge in [0.25, 0.3) is 0 Å². The van der Waals surface area contributed by atoms with E-state index in [0.29, 0.717) is 27.5 Å². The number of carbonyl (C=O) groups is 1. The molecule has 1 N–H and O–H groups in total. The second-order valence-electron chi connectivity index (χ2n) is 6.50. The first kappa shape index (κ1) is 18.8. The lowest BCUT2D eigenvalue weighted by atomic mass is 10.0. The Hall–Kier alpha value is -3.50. The zero-order chi connectivity index (χ0) is 20.4. The van der Waals surface area contributed by atoms with E-state index in [-0.39, 0.29) is 5.56 Å². The Morgan fingerprint density at radius 3 is 2.03 bits per heavy atom. The third-order valence-electron chi connectivity index (χ3n) is 4.56. The zero-order valence-electron chi connectivity index (χ0n) is 15.1. The molecule has 0 spiro atoms. The lowest BCUT2D eigenvalue weighted by Gasteiger charge is -2.10. The van der Waals surface area contributed by atoms with Crippen molar-refractivity contribution in [2.45, 2.75) is 0 Å². The Morgan fingerprint density at radius 1 is 0.793 bits per heavy atom. The first-order valence-corrected chi connectivity index (χ1v) is 9.26. The van der Waals surface area contributed by atoms with Crippen molar-refractivity contribution in [2.75, 3.05) is 0 Å². The van der Waals surface area contributed by atoms with Gasteiger partial charge in [0.15, 0.2) is 0 Å². The van der Waals surface area contributed by atoms with E-state index in [2.05, 4.69) is 4.98 Å². The van der Waals surface area contributed by atoms with E-state index in [1.54, 1.807) is 36.4 Å². The number of carboxylic acid groups (broad SMARTS) is 1. The summed E-state index contributed by atoms with van der Waals surface area (Å²) in [5.74, 6) is -1.48. The number of aromatic carboxylic acids is 1. The Morgan fingerprint density at radius 2 is 1.41 bits per heavy atom. The normalized spacial score (nSPS) is 10.7. The number of benzene rings is 3. The van der Waals surface area contributed by atoms with Crippen LogP contribution in [0.25, 0.3) is 33.6 Å². The number of hydrogen-bond acceptors (Lipinski definition) is 2. The van der Waals surface area contributed by atoms with Crippen LogP contribution >= 0.6 is 11.6 Å². The Balaban J connectivity index is 1.81. The molecule has 4 aromatic rings. The van der Waals surface area contributed by atoms with Crippen LogP contribution < -0.4 is 0 Å². The summed E-state index contributed by atoms with van der Waals surface area (Å²) in [6.07, 6.45) is 0. The minimum Gasteiger partial charge on any atom is -0.478 e.